The third-order valence-electron chi connectivity index (χ3n) is 4.98. The van der Waals surface area contributed by atoms with E-state index in [2.05, 4.69) is 62.2 Å². The van der Waals surface area contributed by atoms with E-state index in [1.807, 2.05) is 0 Å². The third kappa shape index (κ3) is 4.51. The van der Waals surface area contributed by atoms with Crippen molar-refractivity contribution in [3.8, 4) is 0 Å². The molecule has 1 aliphatic rings. The summed E-state index contributed by atoms with van der Waals surface area (Å²) in [6.45, 7) is 5.40. The first kappa shape index (κ1) is 18.1. The molecule has 1 aliphatic heterocycles. The molecule has 1 N–H and O–H groups in total. The van der Waals surface area contributed by atoms with Gasteiger partial charge in [0.2, 0.25) is 0 Å². The van der Waals surface area contributed by atoms with E-state index in [9.17, 15) is 4.79 Å². The van der Waals surface area contributed by atoms with Gasteiger partial charge in [-0.2, -0.15) is 0 Å². The molecule has 0 aliphatic carbocycles. The molecule has 0 bridgehead atoms. The Morgan fingerprint density at radius 2 is 1.81 bits per heavy atom. The number of rotatable bonds is 6. The maximum Gasteiger partial charge on any atom is 0.251 e. The number of nitrogens with one attached hydrogen (secondary N) is 1. The van der Waals surface area contributed by atoms with Gasteiger partial charge in [-0.05, 0) is 24.4 Å². The van der Waals surface area contributed by atoms with Gasteiger partial charge in [0.15, 0.2) is 5.16 Å². The molecule has 4 rings (SSSR count). The van der Waals surface area contributed by atoms with Gasteiger partial charge in [-0.15, -0.1) is 0 Å². The number of anilines is 1. The van der Waals surface area contributed by atoms with Crippen LogP contribution in [0.2, 0.25) is 0 Å². The number of hydrogen-bond acceptors (Lipinski definition) is 5. The number of benzene rings is 2. The van der Waals surface area contributed by atoms with Crippen molar-refractivity contribution in [2.75, 3.05) is 43.4 Å². The van der Waals surface area contributed by atoms with Gasteiger partial charge >= 0.3 is 0 Å². The van der Waals surface area contributed by atoms with Gasteiger partial charge in [0, 0.05) is 55.3 Å². The normalized spacial score (nSPS) is 15.3. The largest absolute Gasteiger partial charge is 0.368 e. The van der Waals surface area contributed by atoms with Crippen molar-refractivity contribution < 1.29 is 0 Å². The highest BCUT2D eigenvalue weighted by atomic mass is 32.2. The predicted octanol–water partition coefficient (Wildman–Crippen LogP) is 3.23. The molecule has 0 radical (unpaired) electrons. The van der Waals surface area contributed by atoms with E-state index < -0.39 is 0 Å². The van der Waals surface area contributed by atoms with Crippen LogP contribution in [-0.4, -0.2) is 53.3 Å². The molecule has 0 saturated carbocycles. The second kappa shape index (κ2) is 8.59. The molecule has 0 amide bonds. The van der Waals surface area contributed by atoms with Crippen LogP contribution in [0.3, 0.4) is 0 Å². The van der Waals surface area contributed by atoms with Crippen LogP contribution >= 0.6 is 11.8 Å². The average Bonchev–Trinajstić information content (AvgIpc) is 2.71. The standard InChI is InChI=1S/C21H24N4OS/c26-20-9-10-22-21(23-20)27-16-4-11-24-12-14-25(15-13-24)19-8-3-6-17-5-1-2-7-18(17)19/h1-3,5-10H,4,11-16H2,(H,22,23,26). The number of H-pyrrole nitrogens is 1. The van der Waals surface area contributed by atoms with Crippen molar-refractivity contribution in [2.45, 2.75) is 11.6 Å². The van der Waals surface area contributed by atoms with Gasteiger partial charge in [0.05, 0.1) is 0 Å². The van der Waals surface area contributed by atoms with Crippen LogP contribution in [0, 0.1) is 0 Å². The van der Waals surface area contributed by atoms with E-state index >= 15 is 0 Å². The Balaban J connectivity index is 1.26. The number of hydrogen-bond donors (Lipinski definition) is 1. The first-order valence-corrected chi connectivity index (χ1v) is 10.4. The first-order chi connectivity index (χ1) is 13.3. The molecular formula is C21H24N4OS. The smallest absolute Gasteiger partial charge is 0.251 e. The molecule has 1 fully saturated rings. The zero-order valence-corrected chi connectivity index (χ0v) is 16.1. The number of fused-ring (bicyclic) bond motifs is 1. The fraction of sp³-hybridized carbons (Fsp3) is 0.333. The van der Waals surface area contributed by atoms with E-state index in [0.29, 0.717) is 5.16 Å². The van der Waals surface area contributed by atoms with E-state index in [1.165, 1.54) is 22.5 Å². The van der Waals surface area contributed by atoms with Crippen molar-refractivity contribution in [3.63, 3.8) is 0 Å². The summed E-state index contributed by atoms with van der Waals surface area (Å²) in [4.78, 5) is 23.3. The summed E-state index contributed by atoms with van der Waals surface area (Å²) in [6.07, 6.45) is 2.66. The van der Waals surface area contributed by atoms with Crippen LogP contribution in [0.15, 0.2) is 64.7 Å². The molecular weight excluding hydrogens is 356 g/mol. The number of aromatic amines is 1. The predicted molar refractivity (Wildman–Crippen MR) is 113 cm³/mol. The highest BCUT2D eigenvalue weighted by Gasteiger charge is 2.18. The van der Waals surface area contributed by atoms with Crippen LogP contribution in [0.5, 0.6) is 0 Å². The molecule has 1 aromatic heterocycles. The topological polar surface area (TPSA) is 52.2 Å². The molecule has 0 unspecified atom stereocenters. The fourth-order valence-corrected chi connectivity index (χ4v) is 4.35. The van der Waals surface area contributed by atoms with Crippen molar-refractivity contribution in [1.82, 2.24) is 14.9 Å². The molecule has 27 heavy (non-hydrogen) atoms. The summed E-state index contributed by atoms with van der Waals surface area (Å²) in [6, 6.07) is 16.6. The minimum absolute atomic E-state index is 0.0861. The minimum atomic E-state index is -0.0861. The molecule has 2 aromatic carbocycles. The molecule has 1 saturated heterocycles. The van der Waals surface area contributed by atoms with Gasteiger partial charge in [0.25, 0.3) is 5.56 Å². The summed E-state index contributed by atoms with van der Waals surface area (Å²) >= 11 is 1.62. The van der Waals surface area contributed by atoms with Crippen molar-refractivity contribution >= 4 is 28.2 Å². The Morgan fingerprint density at radius 3 is 2.67 bits per heavy atom. The molecule has 6 heteroatoms. The van der Waals surface area contributed by atoms with Crippen LogP contribution in [0.1, 0.15) is 6.42 Å². The Morgan fingerprint density at radius 1 is 1.00 bits per heavy atom. The molecule has 3 aromatic rings. The third-order valence-corrected chi connectivity index (χ3v) is 5.96. The van der Waals surface area contributed by atoms with Gasteiger partial charge in [0.1, 0.15) is 0 Å². The molecule has 140 valence electrons. The number of thioether (sulfide) groups is 1. The lowest BCUT2D eigenvalue weighted by Crippen LogP contribution is -2.46. The second-order valence-corrected chi connectivity index (χ2v) is 7.85. The lowest BCUT2D eigenvalue weighted by molar-refractivity contribution is 0.259. The van der Waals surface area contributed by atoms with Gasteiger partial charge in [-0.1, -0.05) is 48.2 Å². The van der Waals surface area contributed by atoms with E-state index in [-0.39, 0.29) is 5.56 Å². The van der Waals surface area contributed by atoms with E-state index in [4.69, 9.17) is 0 Å². The summed E-state index contributed by atoms with van der Waals surface area (Å²) in [7, 11) is 0. The Kier molecular flexibility index (Phi) is 5.75. The monoisotopic (exact) mass is 380 g/mol. The number of nitrogens with zero attached hydrogens (tertiary/aromatic N) is 3. The van der Waals surface area contributed by atoms with Gasteiger partial charge in [-0.3, -0.25) is 9.69 Å². The summed E-state index contributed by atoms with van der Waals surface area (Å²) in [5, 5.41) is 3.36. The number of aromatic nitrogens is 2. The first-order valence-electron chi connectivity index (χ1n) is 9.43. The average molecular weight is 381 g/mol. The van der Waals surface area contributed by atoms with Crippen LogP contribution in [-0.2, 0) is 0 Å². The fourth-order valence-electron chi connectivity index (χ4n) is 3.58. The van der Waals surface area contributed by atoms with Crippen LogP contribution in [0.25, 0.3) is 10.8 Å². The van der Waals surface area contributed by atoms with Crippen molar-refractivity contribution in [2.24, 2.45) is 0 Å². The summed E-state index contributed by atoms with van der Waals surface area (Å²) in [5.74, 6) is 0.969. The lowest BCUT2D eigenvalue weighted by atomic mass is 10.1. The lowest BCUT2D eigenvalue weighted by Gasteiger charge is -2.36. The van der Waals surface area contributed by atoms with E-state index in [0.717, 1.165) is 44.9 Å². The van der Waals surface area contributed by atoms with Crippen molar-refractivity contribution in [3.05, 3.63) is 65.1 Å². The minimum Gasteiger partial charge on any atom is -0.368 e. The molecule has 5 nitrogen and oxygen atoms in total. The van der Waals surface area contributed by atoms with Crippen LogP contribution in [0.4, 0.5) is 5.69 Å². The van der Waals surface area contributed by atoms with Gasteiger partial charge < -0.3 is 9.88 Å². The Hall–Kier alpha value is -2.31. The number of piperazine rings is 1. The maximum absolute atomic E-state index is 11.3. The molecule has 0 atom stereocenters. The van der Waals surface area contributed by atoms with Gasteiger partial charge in [-0.25, -0.2) is 4.98 Å². The molecule has 0 spiro atoms. The van der Waals surface area contributed by atoms with Crippen molar-refractivity contribution in [1.29, 1.82) is 0 Å². The van der Waals surface area contributed by atoms with Crippen LogP contribution < -0.4 is 10.5 Å². The van der Waals surface area contributed by atoms with E-state index in [1.54, 1.807) is 18.0 Å². The highest BCUT2D eigenvalue weighted by Crippen LogP contribution is 2.27. The highest BCUT2D eigenvalue weighted by molar-refractivity contribution is 7.99. The Labute approximate surface area is 163 Å². The molecule has 2 heterocycles. The Bertz CT molecular complexity index is 945. The summed E-state index contributed by atoms with van der Waals surface area (Å²) in [5.41, 5.74) is 1.26. The summed E-state index contributed by atoms with van der Waals surface area (Å²) < 4.78 is 0. The zero-order chi connectivity index (χ0) is 18.5. The quantitative estimate of drug-likeness (QED) is 0.404. The zero-order valence-electron chi connectivity index (χ0n) is 15.3. The maximum atomic E-state index is 11.3. The second-order valence-electron chi connectivity index (χ2n) is 6.77. The SMILES string of the molecule is O=c1ccnc(SCCCN2CCN(c3cccc4ccccc34)CC2)[nH]1.